The first kappa shape index (κ1) is 16.1. The molecule has 0 N–H and O–H groups in total. The molecule has 0 unspecified atom stereocenters. The molecule has 5 heteroatoms. The Kier molecular flexibility index (Phi) is 5.56. The first-order valence-electron chi connectivity index (χ1n) is 6.72. The molecule has 0 radical (unpaired) electrons. The van der Waals surface area contributed by atoms with Gasteiger partial charge in [-0.3, -0.25) is 4.79 Å². The van der Waals surface area contributed by atoms with Gasteiger partial charge in [0.05, 0.1) is 18.2 Å². The van der Waals surface area contributed by atoms with Gasteiger partial charge in [-0.15, -0.1) is 0 Å². The van der Waals surface area contributed by atoms with Crippen molar-refractivity contribution in [3.8, 4) is 17.6 Å². The molecule has 4 nitrogen and oxygen atoms in total. The van der Waals surface area contributed by atoms with Crippen molar-refractivity contribution >= 4 is 21.7 Å². The van der Waals surface area contributed by atoms with E-state index in [-0.39, 0.29) is 12.4 Å². The summed E-state index contributed by atoms with van der Waals surface area (Å²) >= 11 is 3.33. The molecule has 0 aliphatic rings. The van der Waals surface area contributed by atoms with E-state index < -0.39 is 0 Å². The summed E-state index contributed by atoms with van der Waals surface area (Å²) in [6, 6.07) is 14.0. The van der Waals surface area contributed by atoms with Crippen LogP contribution in [0.3, 0.4) is 0 Å². The Hall–Kier alpha value is -2.32. The van der Waals surface area contributed by atoms with Crippen LogP contribution >= 0.6 is 15.9 Å². The lowest BCUT2D eigenvalue weighted by Crippen LogP contribution is -2.12. The summed E-state index contributed by atoms with van der Waals surface area (Å²) in [6.07, 6.45) is 0. The highest BCUT2D eigenvalue weighted by atomic mass is 79.9. The summed E-state index contributed by atoms with van der Waals surface area (Å²) in [5.41, 5.74) is 1.06. The fraction of sp³-hybridized carbons (Fsp3) is 0.176. The number of nitriles is 1. The van der Waals surface area contributed by atoms with Crippen LogP contribution in [0.1, 0.15) is 22.8 Å². The lowest BCUT2D eigenvalue weighted by atomic mass is 10.1. The summed E-state index contributed by atoms with van der Waals surface area (Å²) in [5, 5.41) is 8.91. The van der Waals surface area contributed by atoms with E-state index in [0.717, 1.165) is 4.47 Å². The van der Waals surface area contributed by atoms with Crippen LogP contribution in [0.5, 0.6) is 11.5 Å². The van der Waals surface area contributed by atoms with Crippen LogP contribution in [0.15, 0.2) is 46.9 Å². The second-order valence-electron chi connectivity index (χ2n) is 4.43. The maximum atomic E-state index is 12.1. The Labute approximate surface area is 137 Å². The maximum absolute atomic E-state index is 12.1. The molecule has 112 valence electrons. The molecule has 0 saturated heterocycles. The average Bonchev–Trinajstić information content (AvgIpc) is 2.54. The van der Waals surface area contributed by atoms with E-state index >= 15 is 0 Å². The van der Waals surface area contributed by atoms with Gasteiger partial charge >= 0.3 is 0 Å². The number of hydrogen-bond acceptors (Lipinski definition) is 4. The Morgan fingerprint density at radius 1 is 1.14 bits per heavy atom. The normalized spacial score (nSPS) is 9.86. The molecular formula is C17H14BrNO3. The number of carbonyl (C=O) groups excluding carboxylic acids is 1. The van der Waals surface area contributed by atoms with Gasteiger partial charge in [0.1, 0.15) is 0 Å². The number of halogens is 1. The van der Waals surface area contributed by atoms with Crippen molar-refractivity contribution in [2.24, 2.45) is 0 Å². The Morgan fingerprint density at radius 2 is 1.86 bits per heavy atom. The summed E-state index contributed by atoms with van der Waals surface area (Å²) in [4.78, 5) is 12.1. The summed E-state index contributed by atoms with van der Waals surface area (Å²) in [5.74, 6) is 0.788. The number of ketones is 1. The standard InChI is InChI=1S/C17H14BrNO3/c1-2-21-17-9-12(10-19)3-8-16(17)22-11-15(20)13-4-6-14(18)7-5-13/h3-9H,2,11H2,1H3. The highest BCUT2D eigenvalue weighted by Gasteiger charge is 2.11. The summed E-state index contributed by atoms with van der Waals surface area (Å²) in [6.45, 7) is 2.20. The molecule has 22 heavy (non-hydrogen) atoms. The molecule has 0 atom stereocenters. The number of nitrogens with zero attached hydrogens (tertiary/aromatic N) is 1. The van der Waals surface area contributed by atoms with Crippen LogP contribution in [0, 0.1) is 11.3 Å². The third-order valence-corrected chi connectivity index (χ3v) is 3.43. The molecule has 0 spiro atoms. The highest BCUT2D eigenvalue weighted by Crippen LogP contribution is 2.28. The highest BCUT2D eigenvalue weighted by molar-refractivity contribution is 9.10. The Bertz CT molecular complexity index is 705. The first-order chi connectivity index (χ1) is 10.6. The lowest BCUT2D eigenvalue weighted by Gasteiger charge is -2.11. The van der Waals surface area contributed by atoms with Gasteiger partial charge in [0.15, 0.2) is 23.9 Å². The third kappa shape index (κ3) is 4.09. The molecule has 0 aromatic heterocycles. The summed E-state index contributed by atoms with van der Waals surface area (Å²) < 4.78 is 11.9. The van der Waals surface area contributed by atoms with Crippen molar-refractivity contribution in [2.45, 2.75) is 6.92 Å². The fourth-order valence-corrected chi connectivity index (χ4v) is 2.09. The number of rotatable bonds is 6. The van der Waals surface area contributed by atoms with Gasteiger partial charge in [0.2, 0.25) is 0 Å². The smallest absolute Gasteiger partial charge is 0.200 e. The van der Waals surface area contributed by atoms with Crippen LogP contribution in [0.2, 0.25) is 0 Å². The minimum atomic E-state index is -0.126. The largest absolute Gasteiger partial charge is 0.490 e. The molecule has 2 rings (SSSR count). The van der Waals surface area contributed by atoms with E-state index in [1.165, 1.54) is 0 Å². The maximum Gasteiger partial charge on any atom is 0.200 e. The topological polar surface area (TPSA) is 59.3 Å². The molecule has 0 bridgehead atoms. The average molecular weight is 360 g/mol. The first-order valence-corrected chi connectivity index (χ1v) is 7.52. The molecule has 2 aromatic rings. The molecule has 2 aromatic carbocycles. The molecule has 0 aliphatic heterocycles. The zero-order valence-corrected chi connectivity index (χ0v) is 13.6. The molecule has 0 heterocycles. The quantitative estimate of drug-likeness (QED) is 0.731. The van der Waals surface area contributed by atoms with Gasteiger partial charge in [0, 0.05) is 16.1 Å². The zero-order chi connectivity index (χ0) is 15.9. The predicted molar refractivity (Wildman–Crippen MR) is 86.3 cm³/mol. The van der Waals surface area contributed by atoms with Crippen LogP contribution in [0.25, 0.3) is 0 Å². The summed E-state index contributed by atoms with van der Waals surface area (Å²) in [7, 11) is 0. The molecule has 0 saturated carbocycles. The van der Waals surface area contributed by atoms with Gasteiger partial charge in [0.25, 0.3) is 0 Å². The van der Waals surface area contributed by atoms with Gasteiger partial charge < -0.3 is 9.47 Å². The number of hydrogen-bond donors (Lipinski definition) is 0. The SMILES string of the molecule is CCOc1cc(C#N)ccc1OCC(=O)c1ccc(Br)cc1. The fourth-order valence-electron chi connectivity index (χ4n) is 1.83. The molecule has 0 fully saturated rings. The minimum absolute atomic E-state index is 0.0897. The zero-order valence-electron chi connectivity index (χ0n) is 12.0. The van der Waals surface area contributed by atoms with E-state index in [2.05, 4.69) is 15.9 Å². The van der Waals surface area contributed by atoms with Crippen LogP contribution in [-0.4, -0.2) is 19.0 Å². The monoisotopic (exact) mass is 359 g/mol. The second kappa shape index (κ2) is 7.62. The van der Waals surface area contributed by atoms with Gasteiger partial charge in [-0.1, -0.05) is 28.1 Å². The van der Waals surface area contributed by atoms with Gasteiger partial charge in [-0.05, 0) is 31.2 Å². The van der Waals surface area contributed by atoms with E-state index in [4.69, 9.17) is 14.7 Å². The van der Waals surface area contributed by atoms with Crippen LogP contribution < -0.4 is 9.47 Å². The predicted octanol–water partition coefficient (Wildman–Crippen LogP) is 3.98. The van der Waals surface area contributed by atoms with E-state index in [0.29, 0.717) is 29.2 Å². The van der Waals surface area contributed by atoms with Crippen molar-refractivity contribution in [1.82, 2.24) is 0 Å². The van der Waals surface area contributed by atoms with Crippen molar-refractivity contribution in [3.05, 3.63) is 58.1 Å². The Morgan fingerprint density at radius 3 is 2.50 bits per heavy atom. The number of ether oxygens (including phenoxy) is 2. The Balaban J connectivity index is 2.09. The molecule has 0 aliphatic carbocycles. The van der Waals surface area contributed by atoms with Gasteiger partial charge in [-0.25, -0.2) is 0 Å². The third-order valence-electron chi connectivity index (χ3n) is 2.90. The second-order valence-corrected chi connectivity index (χ2v) is 5.34. The number of Topliss-reactive ketones (excluding diaryl/α,β-unsaturated/α-hetero) is 1. The number of carbonyl (C=O) groups is 1. The number of benzene rings is 2. The van der Waals surface area contributed by atoms with E-state index in [1.54, 1.807) is 42.5 Å². The van der Waals surface area contributed by atoms with Crippen molar-refractivity contribution in [1.29, 1.82) is 5.26 Å². The lowest BCUT2D eigenvalue weighted by molar-refractivity contribution is 0.0919. The van der Waals surface area contributed by atoms with Crippen molar-refractivity contribution in [2.75, 3.05) is 13.2 Å². The van der Waals surface area contributed by atoms with E-state index in [9.17, 15) is 4.79 Å². The van der Waals surface area contributed by atoms with E-state index in [1.807, 2.05) is 13.0 Å². The molecule has 0 amide bonds. The van der Waals surface area contributed by atoms with Crippen molar-refractivity contribution < 1.29 is 14.3 Å². The van der Waals surface area contributed by atoms with Crippen molar-refractivity contribution in [3.63, 3.8) is 0 Å². The van der Waals surface area contributed by atoms with Gasteiger partial charge in [-0.2, -0.15) is 5.26 Å². The minimum Gasteiger partial charge on any atom is -0.490 e. The van der Waals surface area contributed by atoms with Crippen LogP contribution in [0.4, 0.5) is 0 Å². The van der Waals surface area contributed by atoms with Crippen LogP contribution in [-0.2, 0) is 0 Å². The molecular weight excluding hydrogens is 346 g/mol.